The summed E-state index contributed by atoms with van der Waals surface area (Å²) >= 11 is 0. The number of benzene rings is 2. The zero-order valence-electron chi connectivity index (χ0n) is 15.5. The highest BCUT2D eigenvalue weighted by molar-refractivity contribution is 7.92. The molecule has 1 saturated carbocycles. The quantitative estimate of drug-likeness (QED) is 0.733. The summed E-state index contributed by atoms with van der Waals surface area (Å²) in [5.41, 5.74) is 8.41. The zero-order chi connectivity index (χ0) is 19.6. The first kappa shape index (κ1) is 19.4. The normalized spacial score (nSPS) is 19.7. The maximum atomic E-state index is 12.8. The van der Waals surface area contributed by atoms with Crippen molar-refractivity contribution in [1.82, 2.24) is 0 Å². The second-order valence-electron chi connectivity index (χ2n) is 7.21. The minimum Gasteiger partial charge on any atom is -0.328 e. The molecule has 0 aliphatic heterocycles. The van der Waals surface area contributed by atoms with Gasteiger partial charge in [-0.15, -0.1) is 0 Å². The molecule has 0 spiro atoms. The van der Waals surface area contributed by atoms with Crippen molar-refractivity contribution in [3.8, 4) is 0 Å². The average molecular weight is 388 g/mol. The van der Waals surface area contributed by atoms with E-state index in [1.807, 2.05) is 13.0 Å². The molecule has 0 bridgehead atoms. The van der Waals surface area contributed by atoms with Gasteiger partial charge < -0.3 is 11.1 Å². The number of amides is 1. The fraction of sp³-hybridized carbons (Fsp3) is 0.350. The van der Waals surface area contributed by atoms with Crippen LogP contribution in [0.1, 0.15) is 30.4 Å². The van der Waals surface area contributed by atoms with E-state index < -0.39 is 10.0 Å². The van der Waals surface area contributed by atoms with Crippen LogP contribution in [-0.2, 0) is 14.8 Å². The largest absolute Gasteiger partial charge is 0.328 e. The molecule has 2 unspecified atom stereocenters. The fourth-order valence-electron chi connectivity index (χ4n) is 3.38. The predicted molar refractivity (Wildman–Crippen MR) is 107 cm³/mol. The molecule has 2 atom stereocenters. The molecule has 1 aliphatic rings. The number of rotatable bonds is 5. The van der Waals surface area contributed by atoms with Crippen LogP contribution in [-0.4, -0.2) is 20.4 Å². The summed E-state index contributed by atoms with van der Waals surface area (Å²) in [6, 6.07) is 12.1. The van der Waals surface area contributed by atoms with Crippen molar-refractivity contribution in [3.63, 3.8) is 0 Å². The summed E-state index contributed by atoms with van der Waals surface area (Å²) in [4.78, 5) is 12.5. The Balaban J connectivity index is 1.81. The summed E-state index contributed by atoms with van der Waals surface area (Å²) in [5.74, 6) is -0.228. The average Bonchev–Trinajstić information content (AvgIpc) is 3.02. The third kappa shape index (κ3) is 4.67. The number of hydrogen-bond donors (Lipinski definition) is 3. The number of aryl methyl sites for hydroxylation is 2. The van der Waals surface area contributed by atoms with Crippen molar-refractivity contribution in [1.29, 1.82) is 0 Å². The predicted octanol–water partition coefficient (Wildman–Crippen LogP) is 3.17. The van der Waals surface area contributed by atoms with Crippen molar-refractivity contribution >= 4 is 27.3 Å². The van der Waals surface area contributed by atoms with Crippen LogP contribution in [0.25, 0.3) is 0 Å². The Labute approximate surface area is 160 Å². The van der Waals surface area contributed by atoms with Crippen molar-refractivity contribution in [3.05, 3.63) is 53.6 Å². The molecular weight excluding hydrogens is 362 g/mol. The van der Waals surface area contributed by atoms with Crippen LogP contribution in [0.5, 0.6) is 0 Å². The van der Waals surface area contributed by atoms with Crippen molar-refractivity contribution in [2.75, 3.05) is 10.0 Å². The molecule has 27 heavy (non-hydrogen) atoms. The lowest BCUT2D eigenvalue weighted by atomic mass is 10.1. The lowest BCUT2D eigenvalue weighted by Gasteiger charge is -2.14. The molecule has 6 nitrogen and oxygen atoms in total. The molecular formula is C20H25N3O3S. The van der Waals surface area contributed by atoms with E-state index in [1.54, 1.807) is 37.3 Å². The fourth-order valence-corrected chi connectivity index (χ4v) is 4.71. The first-order chi connectivity index (χ1) is 12.7. The molecule has 0 aromatic heterocycles. The highest BCUT2D eigenvalue weighted by Gasteiger charge is 2.28. The topological polar surface area (TPSA) is 101 Å². The van der Waals surface area contributed by atoms with Gasteiger partial charge >= 0.3 is 0 Å². The Morgan fingerprint density at radius 1 is 1.07 bits per heavy atom. The summed E-state index contributed by atoms with van der Waals surface area (Å²) < 4.78 is 28.3. The van der Waals surface area contributed by atoms with E-state index in [2.05, 4.69) is 10.0 Å². The van der Waals surface area contributed by atoms with Crippen LogP contribution in [0.4, 0.5) is 11.4 Å². The summed E-state index contributed by atoms with van der Waals surface area (Å²) in [6.45, 7) is 3.63. The van der Waals surface area contributed by atoms with E-state index in [1.165, 1.54) is 6.07 Å². The highest BCUT2D eigenvalue weighted by atomic mass is 32.2. The molecule has 1 fully saturated rings. The number of sulfonamides is 1. The molecule has 0 radical (unpaired) electrons. The van der Waals surface area contributed by atoms with Crippen LogP contribution in [0, 0.1) is 19.8 Å². The molecule has 2 aromatic carbocycles. The Morgan fingerprint density at radius 2 is 1.85 bits per heavy atom. The minimum absolute atomic E-state index is 0.0632. The maximum Gasteiger partial charge on any atom is 0.262 e. The number of anilines is 2. The molecule has 1 amide bonds. The smallest absolute Gasteiger partial charge is 0.262 e. The molecule has 1 aliphatic carbocycles. The highest BCUT2D eigenvalue weighted by Crippen LogP contribution is 2.27. The van der Waals surface area contributed by atoms with Gasteiger partial charge in [0.25, 0.3) is 10.0 Å². The number of hydrogen-bond acceptors (Lipinski definition) is 4. The Bertz CT molecular complexity index is 957. The third-order valence-electron chi connectivity index (χ3n) is 4.86. The molecule has 3 rings (SSSR count). The van der Waals surface area contributed by atoms with Gasteiger partial charge in [0.2, 0.25) is 5.91 Å². The third-order valence-corrected chi connectivity index (χ3v) is 6.38. The van der Waals surface area contributed by atoms with Crippen molar-refractivity contribution in [2.45, 2.75) is 44.0 Å². The van der Waals surface area contributed by atoms with Gasteiger partial charge in [-0.1, -0.05) is 18.2 Å². The lowest BCUT2D eigenvalue weighted by Crippen LogP contribution is -2.23. The van der Waals surface area contributed by atoms with Crippen molar-refractivity contribution in [2.24, 2.45) is 11.7 Å². The summed E-state index contributed by atoms with van der Waals surface area (Å²) in [6.07, 6.45) is 2.27. The summed E-state index contributed by atoms with van der Waals surface area (Å²) in [5, 5.41) is 2.83. The van der Waals surface area contributed by atoms with Gasteiger partial charge in [0.05, 0.1) is 4.90 Å². The second-order valence-corrected chi connectivity index (χ2v) is 8.87. The van der Waals surface area contributed by atoms with E-state index in [-0.39, 0.29) is 22.8 Å². The zero-order valence-corrected chi connectivity index (χ0v) is 16.3. The van der Waals surface area contributed by atoms with Gasteiger partial charge in [-0.25, -0.2) is 8.42 Å². The van der Waals surface area contributed by atoms with Crippen LogP contribution in [0.2, 0.25) is 0 Å². The van der Waals surface area contributed by atoms with E-state index in [0.29, 0.717) is 23.4 Å². The van der Waals surface area contributed by atoms with Gasteiger partial charge in [0, 0.05) is 23.3 Å². The lowest BCUT2D eigenvalue weighted by molar-refractivity contribution is -0.119. The van der Waals surface area contributed by atoms with Gasteiger partial charge in [0.1, 0.15) is 0 Å². The SMILES string of the molecule is Cc1cccc(NS(=O)(=O)c2cc(NC(=O)C3CCC(N)C3)ccc2C)c1. The van der Waals surface area contributed by atoms with Gasteiger partial charge in [0.15, 0.2) is 0 Å². The molecule has 4 N–H and O–H groups in total. The standard InChI is InChI=1S/C20H25N3O3S/c1-13-4-3-5-18(10-13)23-27(25,26)19-12-17(9-6-14(19)2)22-20(24)15-7-8-16(21)11-15/h3-6,9-10,12,15-16,23H,7-8,11,21H2,1-2H3,(H,22,24). The first-order valence-corrected chi connectivity index (χ1v) is 10.5. The number of nitrogens with one attached hydrogen (secondary N) is 2. The second kappa shape index (κ2) is 7.70. The van der Waals surface area contributed by atoms with Gasteiger partial charge in [-0.05, 0) is 68.5 Å². The minimum atomic E-state index is -3.77. The van der Waals surface area contributed by atoms with Gasteiger partial charge in [-0.3, -0.25) is 9.52 Å². The van der Waals surface area contributed by atoms with E-state index in [4.69, 9.17) is 5.73 Å². The Morgan fingerprint density at radius 3 is 2.52 bits per heavy atom. The van der Waals surface area contributed by atoms with Crippen LogP contribution in [0.3, 0.4) is 0 Å². The van der Waals surface area contributed by atoms with E-state index in [0.717, 1.165) is 18.4 Å². The molecule has 7 heteroatoms. The molecule has 0 saturated heterocycles. The maximum absolute atomic E-state index is 12.8. The van der Waals surface area contributed by atoms with Crippen molar-refractivity contribution < 1.29 is 13.2 Å². The van der Waals surface area contributed by atoms with E-state index >= 15 is 0 Å². The Kier molecular flexibility index (Phi) is 5.53. The summed E-state index contributed by atoms with van der Waals surface area (Å²) in [7, 11) is -3.77. The molecule has 144 valence electrons. The Hall–Kier alpha value is -2.38. The van der Waals surface area contributed by atoms with Gasteiger partial charge in [-0.2, -0.15) is 0 Å². The number of carbonyl (C=O) groups excluding carboxylic acids is 1. The number of carbonyl (C=O) groups is 1. The van der Waals surface area contributed by atoms with Crippen LogP contribution < -0.4 is 15.8 Å². The monoisotopic (exact) mass is 387 g/mol. The molecule has 2 aromatic rings. The number of nitrogens with two attached hydrogens (primary N) is 1. The van der Waals surface area contributed by atoms with Crippen LogP contribution in [0.15, 0.2) is 47.4 Å². The molecule has 0 heterocycles. The van der Waals surface area contributed by atoms with E-state index in [9.17, 15) is 13.2 Å². The first-order valence-electron chi connectivity index (χ1n) is 9.01. The van der Waals surface area contributed by atoms with Crippen LogP contribution >= 0.6 is 0 Å².